The van der Waals surface area contributed by atoms with Crippen LogP contribution in [0.5, 0.6) is 0 Å². The number of para-hydroxylation sites is 1. The summed E-state index contributed by atoms with van der Waals surface area (Å²) in [6, 6.07) is 9.55. The molecular formula is C20H22N2O2. The van der Waals surface area contributed by atoms with Crippen LogP contribution in [0.15, 0.2) is 49.2 Å². The number of benzene rings is 1. The molecule has 2 atom stereocenters. The van der Waals surface area contributed by atoms with Gasteiger partial charge in [-0.25, -0.2) is 0 Å². The Morgan fingerprint density at radius 2 is 2.17 bits per heavy atom. The number of amides is 1. The second kappa shape index (κ2) is 7.39. The number of rotatable bonds is 6. The molecule has 24 heavy (non-hydrogen) atoms. The van der Waals surface area contributed by atoms with Crippen molar-refractivity contribution in [1.29, 1.82) is 0 Å². The van der Waals surface area contributed by atoms with E-state index in [1.165, 1.54) is 0 Å². The van der Waals surface area contributed by atoms with Crippen LogP contribution in [0, 0.1) is 11.8 Å². The van der Waals surface area contributed by atoms with Crippen molar-refractivity contribution in [2.24, 2.45) is 11.8 Å². The SMILES string of the molecule is C=CC1CN(C=O)CCC1CCC(=O)c1ccnc2ccccc12. The van der Waals surface area contributed by atoms with Gasteiger partial charge >= 0.3 is 0 Å². The summed E-state index contributed by atoms with van der Waals surface area (Å²) in [5, 5.41) is 0.918. The van der Waals surface area contributed by atoms with E-state index in [1.54, 1.807) is 11.1 Å². The minimum absolute atomic E-state index is 0.161. The molecular weight excluding hydrogens is 300 g/mol. The normalized spacial score (nSPS) is 20.8. The Kier molecular flexibility index (Phi) is 5.04. The van der Waals surface area contributed by atoms with Crippen molar-refractivity contribution in [2.45, 2.75) is 19.3 Å². The summed E-state index contributed by atoms with van der Waals surface area (Å²) in [5.74, 6) is 0.843. The topological polar surface area (TPSA) is 50.3 Å². The third-order valence-electron chi connectivity index (χ3n) is 4.98. The molecule has 1 aromatic heterocycles. The molecule has 2 unspecified atom stereocenters. The van der Waals surface area contributed by atoms with Crippen LogP contribution in [0.3, 0.4) is 0 Å². The first-order valence-electron chi connectivity index (χ1n) is 8.41. The lowest BCUT2D eigenvalue weighted by Crippen LogP contribution is -2.38. The Morgan fingerprint density at radius 3 is 2.96 bits per heavy atom. The number of fused-ring (bicyclic) bond motifs is 1. The zero-order chi connectivity index (χ0) is 16.9. The predicted molar refractivity (Wildman–Crippen MR) is 94.7 cm³/mol. The third kappa shape index (κ3) is 3.37. The number of ketones is 1. The van der Waals surface area contributed by atoms with E-state index in [0.717, 1.165) is 42.3 Å². The minimum atomic E-state index is 0.161. The summed E-state index contributed by atoms with van der Waals surface area (Å²) in [6.07, 6.45) is 6.81. The molecule has 0 radical (unpaired) electrons. The van der Waals surface area contributed by atoms with Gasteiger partial charge in [0.1, 0.15) is 0 Å². The van der Waals surface area contributed by atoms with Crippen LogP contribution >= 0.6 is 0 Å². The number of pyridine rings is 1. The van der Waals surface area contributed by atoms with Crippen LogP contribution in [-0.4, -0.2) is 35.2 Å². The molecule has 1 aromatic carbocycles. The van der Waals surface area contributed by atoms with E-state index in [4.69, 9.17) is 0 Å². The van der Waals surface area contributed by atoms with Crippen molar-refractivity contribution in [3.8, 4) is 0 Å². The van der Waals surface area contributed by atoms with Gasteiger partial charge in [0.15, 0.2) is 5.78 Å². The molecule has 0 spiro atoms. The number of aromatic nitrogens is 1. The lowest BCUT2D eigenvalue weighted by molar-refractivity contribution is -0.120. The molecule has 1 amide bonds. The van der Waals surface area contributed by atoms with Crippen LogP contribution < -0.4 is 0 Å². The lowest BCUT2D eigenvalue weighted by Gasteiger charge is -2.35. The highest BCUT2D eigenvalue weighted by molar-refractivity contribution is 6.07. The highest BCUT2D eigenvalue weighted by Crippen LogP contribution is 2.29. The number of hydrogen-bond donors (Lipinski definition) is 0. The van der Waals surface area contributed by atoms with Gasteiger partial charge in [-0.1, -0.05) is 24.3 Å². The number of Topliss-reactive ketones (excluding diaryl/α,β-unsaturated/α-hetero) is 1. The van der Waals surface area contributed by atoms with E-state index < -0.39 is 0 Å². The predicted octanol–water partition coefficient (Wildman–Crippen LogP) is 3.48. The molecule has 1 aliphatic heterocycles. The van der Waals surface area contributed by atoms with Gasteiger partial charge in [-0.3, -0.25) is 14.6 Å². The second-order valence-electron chi connectivity index (χ2n) is 6.39. The third-order valence-corrected chi connectivity index (χ3v) is 4.98. The zero-order valence-electron chi connectivity index (χ0n) is 13.7. The van der Waals surface area contributed by atoms with E-state index in [2.05, 4.69) is 11.6 Å². The standard InChI is InChI=1S/C20H22N2O2/c1-2-15-13-22(14-23)12-10-16(15)7-8-20(24)18-9-11-21-19-6-4-3-5-17(18)19/h2-6,9,11,14-16H,1,7-8,10,12-13H2. The van der Waals surface area contributed by atoms with Crippen molar-refractivity contribution in [3.63, 3.8) is 0 Å². The maximum Gasteiger partial charge on any atom is 0.209 e. The summed E-state index contributed by atoms with van der Waals surface area (Å²) < 4.78 is 0. The molecule has 1 saturated heterocycles. The average molecular weight is 322 g/mol. The van der Waals surface area contributed by atoms with Gasteiger partial charge in [0.05, 0.1) is 5.52 Å². The number of likely N-dealkylation sites (tertiary alicyclic amines) is 1. The fraction of sp³-hybridized carbons (Fsp3) is 0.350. The van der Waals surface area contributed by atoms with Gasteiger partial charge in [-0.2, -0.15) is 0 Å². The Bertz CT molecular complexity index is 751. The van der Waals surface area contributed by atoms with Gasteiger partial charge in [-0.15, -0.1) is 6.58 Å². The lowest BCUT2D eigenvalue weighted by atomic mass is 9.81. The monoisotopic (exact) mass is 322 g/mol. The van der Waals surface area contributed by atoms with Crippen LogP contribution in [0.2, 0.25) is 0 Å². The number of nitrogens with zero attached hydrogens (tertiary/aromatic N) is 2. The minimum Gasteiger partial charge on any atom is -0.345 e. The Hall–Kier alpha value is -2.49. The molecule has 3 rings (SSSR count). The molecule has 124 valence electrons. The second-order valence-corrected chi connectivity index (χ2v) is 6.39. The molecule has 2 aromatic rings. The first-order chi connectivity index (χ1) is 11.7. The number of carbonyl (C=O) groups is 2. The highest BCUT2D eigenvalue weighted by atomic mass is 16.1. The Morgan fingerprint density at radius 1 is 1.33 bits per heavy atom. The quantitative estimate of drug-likeness (QED) is 0.465. The van der Waals surface area contributed by atoms with Crippen molar-refractivity contribution in [3.05, 3.63) is 54.7 Å². The van der Waals surface area contributed by atoms with Gasteiger partial charge < -0.3 is 4.90 Å². The van der Waals surface area contributed by atoms with E-state index in [-0.39, 0.29) is 11.7 Å². The first-order valence-corrected chi connectivity index (χ1v) is 8.41. The fourth-order valence-electron chi connectivity index (χ4n) is 3.57. The summed E-state index contributed by atoms with van der Waals surface area (Å²) in [4.78, 5) is 29.7. The molecule has 0 saturated carbocycles. The molecule has 4 heteroatoms. The van der Waals surface area contributed by atoms with Gasteiger partial charge in [-0.05, 0) is 36.8 Å². The molecule has 0 bridgehead atoms. The number of hydrogen-bond acceptors (Lipinski definition) is 3. The molecule has 4 nitrogen and oxygen atoms in total. The van der Waals surface area contributed by atoms with E-state index in [0.29, 0.717) is 18.9 Å². The Labute approximate surface area is 142 Å². The van der Waals surface area contributed by atoms with Crippen molar-refractivity contribution in [2.75, 3.05) is 13.1 Å². The van der Waals surface area contributed by atoms with Gasteiger partial charge in [0.25, 0.3) is 0 Å². The summed E-state index contributed by atoms with van der Waals surface area (Å²) in [6.45, 7) is 5.37. The zero-order valence-corrected chi connectivity index (χ0v) is 13.7. The van der Waals surface area contributed by atoms with E-state index in [1.807, 2.05) is 36.4 Å². The van der Waals surface area contributed by atoms with Gasteiger partial charge in [0, 0.05) is 36.7 Å². The van der Waals surface area contributed by atoms with Crippen LogP contribution in [0.25, 0.3) is 10.9 Å². The maximum absolute atomic E-state index is 12.7. The van der Waals surface area contributed by atoms with Gasteiger partial charge in [0.2, 0.25) is 6.41 Å². The molecule has 0 N–H and O–H groups in total. The smallest absolute Gasteiger partial charge is 0.209 e. The number of carbonyl (C=O) groups excluding carboxylic acids is 2. The molecule has 2 heterocycles. The van der Waals surface area contributed by atoms with Crippen molar-refractivity contribution >= 4 is 23.1 Å². The summed E-state index contributed by atoms with van der Waals surface area (Å²) >= 11 is 0. The van der Waals surface area contributed by atoms with Crippen LogP contribution in [0.4, 0.5) is 0 Å². The first kappa shape index (κ1) is 16.4. The van der Waals surface area contributed by atoms with E-state index >= 15 is 0 Å². The number of piperidine rings is 1. The van der Waals surface area contributed by atoms with Crippen LogP contribution in [0.1, 0.15) is 29.6 Å². The van der Waals surface area contributed by atoms with Crippen LogP contribution in [-0.2, 0) is 4.79 Å². The Balaban J connectivity index is 1.69. The fourth-order valence-corrected chi connectivity index (χ4v) is 3.57. The highest BCUT2D eigenvalue weighted by Gasteiger charge is 2.27. The maximum atomic E-state index is 12.7. The van der Waals surface area contributed by atoms with E-state index in [9.17, 15) is 9.59 Å². The van der Waals surface area contributed by atoms with Crippen molar-refractivity contribution < 1.29 is 9.59 Å². The molecule has 0 aliphatic carbocycles. The summed E-state index contributed by atoms with van der Waals surface area (Å²) in [7, 11) is 0. The average Bonchev–Trinajstić information content (AvgIpc) is 2.65. The van der Waals surface area contributed by atoms with Crippen molar-refractivity contribution in [1.82, 2.24) is 9.88 Å². The largest absolute Gasteiger partial charge is 0.345 e. The molecule has 1 aliphatic rings. The summed E-state index contributed by atoms with van der Waals surface area (Å²) in [5.41, 5.74) is 1.60. The molecule has 1 fully saturated rings.